The predicted molar refractivity (Wildman–Crippen MR) is 79.9 cm³/mol. The van der Waals surface area contributed by atoms with Crippen LogP contribution < -0.4 is 15.4 Å². The summed E-state index contributed by atoms with van der Waals surface area (Å²) in [6.45, 7) is 5.11. The number of benzene rings is 1. The highest BCUT2D eigenvalue weighted by Gasteiger charge is 2.26. The van der Waals surface area contributed by atoms with Gasteiger partial charge in [0.2, 0.25) is 5.91 Å². The van der Waals surface area contributed by atoms with Crippen LogP contribution in [0, 0.1) is 5.41 Å². The van der Waals surface area contributed by atoms with Crippen LogP contribution in [0.25, 0.3) is 0 Å². The SMILES string of the molecule is COc1ccc(CC(=O)NCC2(C)CCNCC2)cc1. The Morgan fingerprint density at radius 2 is 1.95 bits per heavy atom. The lowest BCUT2D eigenvalue weighted by Gasteiger charge is -2.34. The molecule has 1 aliphatic heterocycles. The number of hydrogen-bond acceptors (Lipinski definition) is 3. The standard InChI is InChI=1S/C16H24N2O2/c1-16(7-9-17-10-8-16)12-18-15(19)11-13-3-5-14(20-2)6-4-13/h3-6,17H,7-12H2,1-2H3,(H,18,19). The Hall–Kier alpha value is -1.55. The number of rotatable bonds is 5. The third-order valence-corrected chi connectivity index (χ3v) is 4.05. The Morgan fingerprint density at radius 1 is 1.30 bits per heavy atom. The molecule has 2 N–H and O–H groups in total. The maximum Gasteiger partial charge on any atom is 0.224 e. The zero-order valence-corrected chi connectivity index (χ0v) is 12.4. The summed E-state index contributed by atoms with van der Waals surface area (Å²) in [6.07, 6.45) is 2.67. The molecule has 1 aliphatic rings. The molecule has 4 nitrogen and oxygen atoms in total. The largest absolute Gasteiger partial charge is 0.497 e. The lowest BCUT2D eigenvalue weighted by Crippen LogP contribution is -2.43. The molecule has 20 heavy (non-hydrogen) atoms. The summed E-state index contributed by atoms with van der Waals surface area (Å²) in [5, 5.41) is 6.43. The van der Waals surface area contributed by atoms with E-state index < -0.39 is 0 Å². The van der Waals surface area contributed by atoms with Crippen LogP contribution in [0.5, 0.6) is 5.75 Å². The van der Waals surface area contributed by atoms with Gasteiger partial charge in [-0.2, -0.15) is 0 Å². The fourth-order valence-electron chi connectivity index (χ4n) is 2.51. The first-order valence-electron chi connectivity index (χ1n) is 7.22. The van der Waals surface area contributed by atoms with Crippen molar-refractivity contribution in [3.8, 4) is 5.75 Å². The lowest BCUT2D eigenvalue weighted by molar-refractivity contribution is -0.121. The van der Waals surface area contributed by atoms with Crippen molar-refractivity contribution >= 4 is 5.91 Å². The minimum absolute atomic E-state index is 0.0925. The number of methoxy groups -OCH3 is 1. The van der Waals surface area contributed by atoms with E-state index in [-0.39, 0.29) is 11.3 Å². The summed E-state index contributed by atoms with van der Waals surface area (Å²) in [5.41, 5.74) is 1.25. The summed E-state index contributed by atoms with van der Waals surface area (Å²) in [4.78, 5) is 12.0. The molecule has 0 spiro atoms. The fraction of sp³-hybridized carbons (Fsp3) is 0.562. The van der Waals surface area contributed by atoms with Crippen LogP contribution in [0.3, 0.4) is 0 Å². The van der Waals surface area contributed by atoms with E-state index in [4.69, 9.17) is 4.74 Å². The highest BCUT2D eigenvalue weighted by molar-refractivity contribution is 5.78. The van der Waals surface area contributed by atoms with Crippen molar-refractivity contribution in [1.82, 2.24) is 10.6 Å². The number of ether oxygens (including phenoxy) is 1. The molecule has 110 valence electrons. The average molecular weight is 276 g/mol. The Morgan fingerprint density at radius 3 is 2.55 bits per heavy atom. The minimum atomic E-state index is 0.0925. The molecule has 1 amide bonds. The van der Waals surface area contributed by atoms with E-state index in [0.29, 0.717) is 6.42 Å². The van der Waals surface area contributed by atoms with Gasteiger partial charge in [-0.15, -0.1) is 0 Å². The lowest BCUT2D eigenvalue weighted by atomic mass is 9.81. The molecule has 1 heterocycles. The fourth-order valence-corrected chi connectivity index (χ4v) is 2.51. The topological polar surface area (TPSA) is 50.4 Å². The molecule has 1 saturated heterocycles. The van der Waals surface area contributed by atoms with Crippen LogP contribution in [0.1, 0.15) is 25.3 Å². The Bertz CT molecular complexity index is 436. The zero-order valence-electron chi connectivity index (χ0n) is 12.4. The highest BCUT2D eigenvalue weighted by atomic mass is 16.5. The van der Waals surface area contributed by atoms with Gasteiger partial charge in [0.15, 0.2) is 0 Å². The molecule has 0 radical (unpaired) electrons. The molecule has 0 aromatic heterocycles. The maximum atomic E-state index is 12.0. The van der Waals surface area contributed by atoms with E-state index >= 15 is 0 Å². The van der Waals surface area contributed by atoms with E-state index in [1.807, 2.05) is 24.3 Å². The van der Waals surface area contributed by atoms with Gasteiger partial charge in [-0.3, -0.25) is 4.79 Å². The number of hydrogen-bond donors (Lipinski definition) is 2. The van der Waals surface area contributed by atoms with Crippen LogP contribution in [-0.4, -0.2) is 32.7 Å². The first-order chi connectivity index (χ1) is 9.61. The van der Waals surface area contributed by atoms with Crippen molar-refractivity contribution in [3.05, 3.63) is 29.8 Å². The van der Waals surface area contributed by atoms with Crippen LogP contribution >= 0.6 is 0 Å². The van der Waals surface area contributed by atoms with Crippen molar-refractivity contribution in [2.75, 3.05) is 26.7 Å². The Labute approximate surface area is 120 Å². The molecule has 1 aromatic carbocycles. The number of carbonyl (C=O) groups excluding carboxylic acids is 1. The first-order valence-corrected chi connectivity index (χ1v) is 7.22. The molecule has 0 atom stereocenters. The second kappa shape index (κ2) is 6.75. The summed E-state index contributed by atoms with van der Waals surface area (Å²) in [6, 6.07) is 7.64. The molecular weight excluding hydrogens is 252 g/mol. The van der Waals surface area contributed by atoms with E-state index in [0.717, 1.165) is 43.8 Å². The summed E-state index contributed by atoms with van der Waals surface area (Å²) in [5.74, 6) is 0.909. The van der Waals surface area contributed by atoms with Gasteiger partial charge < -0.3 is 15.4 Å². The zero-order chi connectivity index (χ0) is 14.4. The van der Waals surface area contributed by atoms with Gasteiger partial charge in [0.25, 0.3) is 0 Å². The van der Waals surface area contributed by atoms with Gasteiger partial charge in [-0.25, -0.2) is 0 Å². The van der Waals surface area contributed by atoms with Crippen LogP contribution in [0.15, 0.2) is 24.3 Å². The second-order valence-corrected chi connectivity index (χ2v) is 5.86. The summed E-state index contributed by atoms with van der Waals surface area (Å²) in [7, 11) is 1.64. The molecule has 2 rings (SSSR count). The normalized spacial score (nSPS) is 17.5. The summed E-state index contributed by atoms with van der Waals surface area (Å²) >= 11 is 0. The predicted octanol–water partition coefficient (Wildman–Crippen LogP) is 1.74. The quantitative estimate of drug-likeness (QED) is 0.861. The average Bonchev–Trinajstić information content (AvgIpc) is 2.47. The van der Waals surface area contributed by atoms with Gasteiger partial charge in [-0.05, 0) is 49.0 Å². The van der Waals surface area contributed by atoms with Gasteiger partial charge in [-0.1, -0.05) is 19.1 Å². The second-order valence-electron chi connectivity index (χ2n) is 5.86. The number of carbonyl (C=O) groups is 1. The van der Waals surface area contributed by atoms with Gasteiger partial charge >= 0.3 is 0 Å². The van der Waals surface area contributed by atoms with E-state index in [1.54, 1.807) is 7.11 Å². The van der Waals surface area contributed by atoms with Gasteiger partial charge in [0.05, 0.1) is 13.5 Å². The van der Waals surface area contributed by atoms with Crippen LogP contribution in [0.4, 0.5) is 0 Å². The van der Waals surface area contributed by atoms with Crippen LogP contribution in [-0.2, 0) is 11.2 Å². The van der Waals surface area contributed by atoms with E-state index in [2.05, 4.69) is 17.6 Å². The third kappa shape index (κ3) is 4.23. The van der Waals surface area contributed by atoms with Gasteiger partial charge in [0.1, 0.15) is 5.75 Å². The van der Waals surface area contributed by atoms with Crippen molar-refractivity contribution in [2.24, 2.45) is 5.41 Å². The molecule has 0 unspecified atom stereocenters. The molecule has 4 heteroatoms. The monoisotopic (exact) mass is 276 g/mol. The molecule has 1 aromatic rings. The van der Waals surface area contributed by atoms with Gasteiger partial charge in [0, 0.05) is 6.54 Å². The van der Waals surface area contributed by atoms with E-state index in [9.17, 15) is 4.79 Å². The van der Waals surface area contributed by atoms with Crippen molar-refractivity contribution in [1.29, 1.82) is 0 Å². The third-order valence-electron chi connectivity index (χ3n) is 4.05. The maximum absolute atomic E-state index is 12.0. The molecule has 0 bridgehead atoms. The molecule has 1 fully saturated rings. The van der Waals surface area contributed by atoms with E-state index in [1.165, 1.54) is 0 Å². The minimum Gasteiger partial charge on any atom is -0.497 e. The first kappa shape index (κ1) is 14.9. The molecular formula is C16H24N2O2. The highest BCUT2D eigenvalue weighted by Crippen LogP contribution is 2.26. The van der Waals surface area contributed by atoms with Crippen molar-refractivity contribution < 1.29 is 9.53 Å². The number of amides is 1. The smallest absolute Gasteiger partial charge is 0.224 e. The summed E-state index contributed by atoms with van der Waals surface area (Å²) < 4.78 is 5.11. The molecule has 0 aliphatic carbocycles. The Kier molecular flexibility index (Phi) is 5.01. The van der Waals surface area contributed by atoms with Crippen molar-refractivity contribution in [2.45, 2.75) is 26.2 Å². The Balaban J connectivity index is 1.79. The van der Waals surface area contributed by atoms with Crippen LogP contribution in [0.2, 0.25) is 0 Å². The number of piperidine rings is 1. The van der Waals surface area contributed by atoms with Crippen molar-refractivity contribution in [3.63, 3.8) is 0 Å². The number of nitrogens with one attached hydrogen (secondary N) is 2. The molecule has 0 saturated carbocycles.